The minimum absolute atomic E-state index is 0.102. The van der Waals surface area contributed by atoms with Crippen molar-refractivity contribution < 1.29 is 14.3 Å². The molecule has 2 aromatic rings. The van der Waals surface area contributed by atoms with Crippen LogP contribution >= 0.6 is 0 Å². The van der Waals surface area contributed by atoms with Gasteiger partial charge in [-0.3, -0.25) is 0 Å². The number of amides is 1. The first-order chi connectivity index (χ1) is 12.6. The summed E-state index contributed by atoms with van der Waals surface area (Å²) in [6, 6.07) is 1.94. The monoisotopic (exact) mass is 359 g/mol. The molecule has 1 amide bonds. The molecule has 8 nitrogen and oxygen atoms in total. The van der Waals surface area contributed by atoms with Crippen molar-refractivity contribution in [3.05, 3.63) is 30.3 Å². The second-order valence-electron chi connectivity index (χ2n) is 6.32. The highest BCUT2D eigenvalue weighted by atomic mass is 16.6. The molecule has 0 N–H and O–H groups in total. The van der Waals surface area contributed by atoms with Gasteiger partial charge in [0.25, 0.3) is 0 Å². The van der Waals surface area contributed by atoms with Crippen LogP contribution in [0, 0.1) is 0 Å². The van der Waals surface area contributed by atoms with Crippen LogP contribution in [0.25, 0.3) is 11.7 Å². The van der Waals surface area contributed by atoms with Gasteiger partial charge < -0.3 is 19.3 Å². The Kier molecular flexibility index (Phi) is 5.60. The summed E-state index contributed by atoms with van der Waals surface area (Å²) in [5.41, 5.74) is 1.68. The third-order valence-corrected chi connectivity index (χ3v) is 4.09. The van der Waals surface area contributed by atoms with Crippen molar-refractivity contribution >= 4 is 23.6 Å². The normalized spacial score (nSPS) is 15.2. The lowest BCUT2D eigenvalue weighted by Gasteiger charge is -2.35. The van der Waals surface area contributed by atoms with Crippen molar-refractivity contribution in [3.8, 4) is 0 Å². The molecular weight excluding hydrogens is 334 g/mol. The van der Waals surface area contributed by atoms with Crippen LogP contribution in [0.5, 0.6) is 0 Å². The smallest absolute Gasteiger partial charge is 0.410 e. The molecule has 140 valence electrons. The predicted octanol–water partition coefficient (Wildman–Crippen LogP) is 2.40. The lowest BCUT2D eigenvalue weighted by molar-refractivity contribution is 0.0751. The maximum atomic E-state index is 12.0. The number of rotatable bonds is 5. The van der Waals surface area contributed by atoms with Crippen molar-refractivity contribution in [3.63, 3.8) is 0 Å². The number of ether oxygens (including phenoxy) is 2. The van der Waals surface area contributed by atoms with Gasteiger partial charge >= 0.3 is 6.09 Å². The van der Waals surface area contributed by atoms with E-state index >= 15 is 0 Å². The molecule has 0 radical (unpaired) electrons. The zero-order chi connectivity index (χ0) is 18.5. The number of carbonyl (C=O) groups is 1. The van der Waals surface area contributed by atoms with E-state index in [1.54, 1.807) is 21.9 Å². The van der Waals surface area contributed by atoms with E-state index in [1.807, 2.05) is 39.1 Å². The maximum Gasteiger partial charge on any atom is 0.410 e. The quantitative estimate of drug-likeness (QED) is 0.764. The molecule has 0 aliphatic carbocycles. The van der Waals surface area contributed by atoms with Crippen LogP contribution in [0.15, 0.2) is 24.7 Å². The van der Waals surface area contributed by atoms with E-state index in [9.17, 15) is 4.79 Å². The van der Waals surface area contributed by atoms with Crippen molar-refractivity contribution in [2.24, 2.45) is 0 Å². The van der Waals surface area contributed by atoms with Gasteiger partial charge in [-0.1, -0.05) is 0 Å². The summed E-state index contributed by atoms with van der Waals surface area (Å²) in [7, 11) is 0. The van der Waals surface area contributed by atoms with E-state index in [2.05, 4.69) is 10.00 Å². The van der Waals surface area contributed by atoms with Gasteiger partial charge in [0, 0.05) is 37.9 Å². The first-order valence-corrected chi connectivity index (χ1v) is 8.91. The second-order valence-corrected chi connectivity index (χ2v) is 6.32. The van der Waals surface area contributed by atoms with E-state index in [4.69, 9.17) is 14.5 Å². The lowest BCUT2D eigenvalue weighted by atomic mass is 10.3. The minimum atomic E-state index is -0.248. The Bertz CT molecular complexity index is 778. The van der Waals surface area contributed by atoms with Crippen LogP contribution in [0.2, 0.25) is 0 Å². The Hall–Kier alpha value is -2.77. The third-order valence-electron chi connectivity index (χ3n) is 4.09. The summed E-state index contributed by atoms with van der Waals surface area (Å²) in [4.78, 5) is 20.6. The van der Waals surface area contributed by atoms with Crippen LogP contribution in [0.1, 0.15) is 26.3 Å². The fourth-order valence-corrected chi connectivity index (χ4v) is 2.78. The summed E-state index contributed by atoms with van der Waals surface area (Å²) in [6.45, 7) is 8.95. The van der Waals surface area contributed by atoms with Crippen molar-refractivity contribution in [1.82, 2.24) is 19.5 Å². The summed E-state index contributed by atoms with van der Waals surface area (Å²) in [5, 5.41) is 4.31. The highest BCUT2D eigenvalue weighted by molar-refractivity contribution is 5.68. The number of aromatic nitrogens is 3. The van der Waals surface area contributed by atoms with Crippen LogP contribution in [-0.2, 0) is 9.47 Å². The highest BCUT2D eigenvalue weighted by Gasteiger charge is 2.23. The van der Waals surface area contributed by atoms with E-state index in [-0.39, 0.29) is 12.2 Å². The van der Waals surface area contributed by atoms with Crippen molar-refractivity contribution in [1.29, 1.82) is 0 Å². The van der Waals surface area contributed by atoms with Crippen LogP contribution in [0.4, 0.5) is 10.6 Å². The average Bonchev–Trinajstić information content (AvgIpc) is 3.04. The Labute approximate surface area is 153 Å². The Morgan fingerprint density at radius 2 is 2.08 bits per heavy atom. The molecule has 3 heterocycles. The predicted molar refractivity (Wildman–Crippen MR) is 99.1 cm³/mol. The van der Waals surface area contributed by atoms with Crippen LogP contribution in [0.3, 0.4) is 0 Å². The van der Waals surface area contributed by atoms with Crippen LogP contribution < -0.4 is 4.90 Å². The lowest BCUT2D eigenvalue weighted by Crippen LogP contribution is -2.49. The van der Waals surface area contributed by atoms with Gasteiger partial charge in [-0.25, -0.2) is 14.3 Å². The summed E-state index contributed by atoms with van der Waals surface area (Å²) in [6.07, 6.45) is 6.83. The molecule has 2 aromatic heterocycles. The van der Waals surface area contributed by atoms with Crippen molar-refractivity contribution in [2.75, 3.05) is 37.7 Å². The summed E-state index contributed by atoms with van der Waals surface area (Å²) >= 11 is 0. The molecule has 1 fully saturated rings. The number of hydrogen-bond acceptors (Lipinski definition) is 6. The van der Waals surface area contributed by atoms with Gasteiger partial charge in [-0.15, -0.1) is 0 Å². The largest absolute Gasteiger partial charge is 0.501 e. The van der Waals surface area contributed by atoms with E-state index in [0.29, 0.717) is 32.8 Å². The van der Waals surface area contributed by atoms with Gasteiger partial charge in [0.05, 0.1) is 25.2 Å². The minimum Gasteiger partial charge on any atom is -0.501 e. The van der Waals surface area contributed by atoms with E-state index in [0.717, 1.165) is 17.0 Å². The highest BCUT2D eigenvalue weighted by Crippen LogP contribution is 2.18. The molecule has 26 heavy (non-hydrogen) atoms. The molecule has 1 saturated heterocycles. The number of fused-ring (bicyclic) bond motifs is 1. The molecule has 1 aliphatic rings. The van der Waals surface area contributed by atoms with Gasteiger partial charge in [0.15, 0.2) is 5.65 Å². The van der Waals surface area contributed by atoms with Gasteiger partial charge in [0.2, 0.25) is 0 Å². The van der Waals surface area contributed by atoms with Gasteiger partial charge in [-0.2, -0.15) is 5.10 Å². The standard InChI is InChI=1S/C18H25N5O3/c1-4-25-12-6-15-13-19-23-7-5-16(20-17(15)23)21-8-10-22(11-9-21)18(24)26-14(2)3/h5-7,12-14H,4,8-11H2,1-3H3/b12-6+. The number of carbonyl (C=O) groups excluding carboxylic acids is 1. The fourth-order valence-electron chi connectivity index (χ4n) is 2.78. The first kappa shape index (κ1) is 18.0. The maximum absolute atomic E-state index is 12.0. The van der Waals surface area contributed by atoms with Gasteiger partial charge in [-0.05, 0) is 32.9 Å². The zero-order valence-electron chi connectivity index (χ0n) is 15.5. The first-order valence-electron chi connectivity index (χ1n) is 8.91. The molecule has 8 heteroatoms. The van der Waals surface area contributed by atoms with Crippen LogP contribution in [-0.4, -0.2) is 64.5 Å². The van der Waals surface area contributed by atoms with Gasteiger partial charge in [0.1, 0.15) is 5.82 Å². The Morgan fingerprint density at radius 3 is 2.77 bits per heavy atom. The summed E-state index contributed by atoms with van der Waals surface area (Å²) in [5.74, 6) is 0.876. The average molecular weight is 359 g/mol. The molecule has 0 unspecified atom stereocenters. The molecule has 0 bridgehead atoms. The zero-order valence-corrected chi connectivity index (χ0v) is 15.5. The number of nitrogens with zero attached hydrogens (tertiary/aromatic N) is 5. The molecule has 0 saturated carbocycles. The molecule has 0 aromatic carbocycles. The Morgan fingerprint density at radius 1 is 1.31 bits per heavy atom. The Balaban J connectivity index is 1.69. The molecule has 0 spiro atoms. The van der Waals surface area contributed by atoms with Crippen molar-refractivity contribution in [2.45, 2.75) is 26.9 Å². The summed E-state index contributed by atoms with van der Waals surface area (Å²) < 4.78 is 12.3. The molecule has 0 atom stereocenters. The van der Waals surface area contributed by atoms with E-state index in [1.165, 1.54) is 0 Å². The molecular formula is C18H25N5O3. The van der Waals surface area contributed by atoms with E-state index < -0.39 is 0 Å². The third kappa shape index (κ3) is 4.07. The number of anilines is 1. The SMILES string of the molecule is CCO/C=C/c1cnn2ccc(N3CCN(C(=O)OC(C)C)CC3)nc12. The molecule has 1 aliphatic heterocycles. The number of hydrogen-bond donors (Lipinski definition) is 0. The number of piperazine rings is 1. The molecule has 3 rings (SSSR count). The topological polar surface area (TPSA) is 72.2 Å². The fraction of sp³-hybridized carbons (Fsp3) is 0.500. The second kappa shape index (κ2) is 8.07.